The van der Waals surface area contributed by atoms with Crippen LogP contribution in [0.1, 0.15) is 0 Å². The SMILES string of the molecule is Clc1ccc2ncc(Nc3cncc(OCCN4CCOCC4)c3)cc2n1. The predicted octanol–water partition coefficient (Wildman–Crippen LogP) is 3.13. The van der Waals surface area contributed by atoms with Gasteiger partial charge < -0.3 is 14.8 Å². The van der Waals surface area contributed by atoms with Crippen LogP contribution in [-0.4, -0.2) is 59.3 Å². The number of anilines is 2. The lowest BCUT2D eigenvalue weighted by Crippen LogP contribution is -2.38. The van der Waals surface area contributed by atoms with Crippen molar-refractivity contribution in [2.45, 2.75) is 0 Å². The third-order valence-electron chi connectivity index (χ3n) is 4.29. The molecule has 0 radical (unpaired) electrons. The highest BCUT2D eigenvalue weighted by Gasteiger charge is 2.10. The number of aromatic nitrogens is 3. The largest absolute Gasteiger partial charge is 0.491 e. The second kappa shape index (κ2) is 8.47. The van der Waals surface area contributed by atoms with Crippen LogP contribution < -0.4 is 10.1 Å². The van der Waals surface area contributed by atoms with Gasteiger partial charge in [-0.2, -0.15) is 0 Å². The van der Waals surface area contributed by atoms with Crippen molar-refractivity contribution in [2.75, 3.05) is 44.8 Å². The van der Waals surface area contributed by atoms with Crippen molar-refractivity contribution in [3.8, 4) is 5.75 Å². The van der Waals surface area contributed by atoms with Gasteiger partial charge in [0.1, 0.15) is 17.5 Å². The van der Waals surface area contributed by atoms with E-state index in [1.807, 2.05) is 18.2 Å². The number of pyridine rings is 3. The minimum absolute atomic E-state index is 0.443. The average molecular weight is 386 g/mol. The standard InChI is InChI=1S/C19H20ClN5O2/c20-19-2-1-17-18(24-19)10-15(12-22-17)23-14-9-16(13-21-11-14)27-8-5-25-3-6-26-7-4-25/h1-2,9-13,23H,3-8H2. The number of hydrogen-bond donors (Lipinski definition) is 1. The van der Waals surface area contributed by atoms with Crippen LogP contribution in [0.2, 0.25) is 5.15 Å². The molecular weight excluding hydrogens is 366 g/mol. The molecule has 0 aliphatic carbocycles. The molecule has 140 valence electrons. The first kappa shape index (κ1) is 17.9. The molecule has 4 rings (SSSR count). The Labute approximate surface area is 162 Å². The second-order valence-electron chi connectivity index (χ2n) is 6.23. The van der Waals surface area contributed by atoms with Gasteiger partial charge in [0.05, 0.1) is 54.2 Å². The van der Waals surface area contributed by atoms with E-state index < -0.39 is 0 Å². The first-order valence-electron chi connectivity index (χ1n) is 8.83. The summed E-state index contributed by atoms with van der Waals surface area (Å²) in [7, 11) is 0. The van der Waals surface area contributed by atoms with Gasteiger partial charge in [0.25, 0.3) is 0 Å². The Morgan fingerprint density at radius 2 is 1.93 bits per heavy atom. The Morgan fingerprint density at radius 3 is 2.81 bits per heavy atom. The van der Waals surface area contributed by atoms with E-state index in [1.165, 1.54) is 0 Å². The van der Waals surface area contributed by atoms with E-state index in [2.05, 4.69) is 25.2 Å². The zero-order valence-corrected chi connectivity index (χ0v) is 15.5. The number of morpholine rings is 1. The average Bonchev–Trinajstić information content (AvgIpc) is 2.69. The molecule has 8 heteroatoms. The number of nitrogens with one attached hydrogen (secondary N) is 1. The van der Waals surface area contributed by atoms with Crippen molar-refractivity contribution in [3.05, 3.63) is 48.0 Å². The molecule has 4 heterocycles. The summed E-state index contributed by atoms with van der Waals surface area (Å²) in [5.74, 6) is 0.725. The summed E-state index contributed by atoms with van der Waals surface area (Å²) in [5, 5.41) is 3.72. The number of hydrogen-bond acceptors (Lipinski definition) is 7. The molecule has 0 bridgehead atoms. The van der Waals surface area contributed by atoms with Crippen LogP contribution in [0, 0.1) is 0 Å². The monoisotopic (exact) mass is 385 g/mol. The van der Waals surface area contributed by atoms with E-state index in [4.69, 9.17) is 21.1 Å². The van der Waals surface area contributed by atoms with Crippen molar-refractivity contribution in [3.63, 3.8) is 0 Å². The number of halogens is 1. The van der Waals surface area contributed by atoms with Crippen LogP contribution in [0.4, 0.5) is 11.4 Å². The van der Waals surface area contributed by atoms with Gasteiger partial charge in [0, 0.05) is 25.7 Å². The molecule has 0 amide bonds. The van der Waals surface area contributed by atoms with Gasteiger partial charge in [-0.1, -0.05) is 11.6 Å². The summed E-state index contributed by atoms with van der Waals surface area (Å²) < 4.78 is 11.2. The Hall–Kier alpha value is -2.48. The van der Waals surface area contributed by atoms with E-state index >= 15 is 0 Å². The highest BCUT2D eigenvalue weighted by Crippen LogP contribution is 2.22. The van der Waals surface area contributed by atoms with Gasteiger partial charge in [0.15, 0.2) is 0 Å². The van der Waals surface area contributed by atoms with Crippen LogP contribution in [0.25, 0.3) is 11.0 Å². The zero-order chi connectivity index (χ0) is 18.5. The van der Waals surface area contributed by atoms with Gasteiger partial charge in [-0.25, -0.2) is 4.98 Å². The molecule has 0 aromatic carbocycles. The summed E-state index contributed by atoms with van der Waals surface area (Å²) >= 11 is 5.96. The van der Waals surface area contributed by atoms with Crippen LogP contribution in [-0.2, 0) is 4.74 Å². The predicted molar refractivity (Wildman–Crippen MR) is 105 cm³/mol. The lowest BCUT2D eigenvalue weighted by atomic mass is 10.3. The molecule has 1 aliphatic rings. The van der Waals surface area contributed by atoms with Crippen molar-refractivity contribution in [1.29, 1.82) is 0 Å². The highest BCUT2D eigenvalue weighted by atomic mass is 35.5. The van der Waals surface area contributed by atoms with Crippen molar-refractivity contribution in [2.24, 2.45) is 0 Å². The normalized spacial score (nSPS) is 15.0. The number of rotatable bonds is 6. The van der Waals surface area contributed by atoms with Crippen molar-refractivity contribution < 1.29 is 9.47 Å². The van der Waals surface area contributed by atoms with Crippen LogP contribution in [0.5, 0.6) is 5.75 Å². The summed E-state index contributed by atoms with van der Waals surface area (Å²) in [5.41, 5.74) is 3.16. The minimum Gasteiger partial charge on any atom is -0.491 e. The molecule has 0 spiro atoms. The fraction of sp³-hybridized carbons (Fsp3) is 0.316. The van der Waals surface area contributed by atoms with Gasteiger partial charge in [0.2, 0.25) is 0 Å². The first-order valence-corrected chi connectivity index (χ1v) is 9.21. The summed E-state index contributed by atoms with van der Waals surface area (Å²) in [6.07, 6.45) is 5.21. The molecule has 1 fully saturated rings. The van der Waals surface area contributed by atoms with Crippen molar-refractivity contribution in [1.82, 2.24) is 19.9 Å². The maximum atomic E-state index is 5.96. The van der Waals surface area contributed by atoms with Crippen LogP contribution in [0.3, 0.4) is 0 Å². The van der Waals surface area contributed by atoms with E-state index in [1.54, 1.807) is 24.7 Å². The topological polar surface area (TPSA) is 72.4 Å². The lowest BCUT2D eigenvalue weighted by Gasteiger charge is -2.26. The molecule has 27 heavy (non-hydrogen) atoms. The molecule has 1 N–H and O–H groups in total. The maximum Gasteiger partial charge on any atom is 0.139 e. The summed E-state index contributed by atoms with van der Waals surface area (Å²) in [6.45, 7) is 4.99. The fourth-order valence-electron chi connectivity index (χ4n) is 2.90. The minimum atomic E-state index is 0.443. The zero-order valence-electron chi connectivity index (χ0n) is 14.8. The second-order valence-corrected chi connectivity index (χ2v) is 6.62. The molecule has 3 aromatic rings. The number of ether oxygens (including phenoxy) is 2. The molecule has 1 aliphatic heterocycles. The van der Waals surface area contributed by atoms with Crippen molar-refractivity contribution >= 4 is 34.0 Å². The Balaban J connectivity index is 1.38. The maximum absolute atomic E-state index is 5.96. The van der Waals surface area contributed by atoms with E-state index in [-0.39, 0.29) is 0 Å². The van der Waals surface area contributed by atoms with Crippen LogP contribution >= 0.6 is 11.6 Å². The van der Waals surface area contributed by atoms with Gasteiger partial charge in [-0.05, 0) is 18.2 Å². The number of nitrogens with zero attached hydrogens (tertiary/aromatic N) is 4. The van der Waals surface area contributed by atoms with E-state index in [0.29, 0.717) is 11.8 Å². The molecule has 7 nitrogen and oxygen atoms in total. The number of fused-ring (bicyclic) bond motifs is 1. The Bertz CT molecular complexity index is 917. The smallest absolute Gasteiger partial charge is 0.139 e. The summed E-state index contributed by atoms with van der Waals surface area (Å²) in [4.78, 5) is 15.3. The molecule has 0 saturated carbocycles. The molecule has 1 saturated heterocycles. The Morgan fingerprint density at radius 1 is 1.07 bits per heavy atom. The summed E-state index contributed by atoms with van der Waals surface area (Å²) in [6, 6.07) is 7.40. The van der Waals surface area contributed by atoms with Crippen LogP contribution in [0.15, 0.2) is 42.9 Å². The Kier molecular flexibility index (Phi) is 5.62. The van der Waals surface area contributed by atoms with Gasteiger partial charge in [-0.3, -0.25) is 14.9 Å². The molecule has 0 atom stereocenters. The van der Waals surface area contributed by atoms with Gasteiger partial charge >= 0.3 is 0 Å². The molecular formula is C19H20ClN5O2. The lowest BCUT2D eigenvalue weighted by molar-refractivity contribution is 0.0322. The highest BCUT2D eigenvalue weighted by molar-refractivity contribution is 6.29. The van der Waals surface area contributed by atoms with Gasteiger partial charge in [-0.15, -0.1) is 0 Å². The fourth-order valence-corrected chi connectivity index (χ4v) is 3.05. The third kappa shape index (κ3) is 4.82. The molecule has 3 aromatic heterocycles. The molecule has 0 unspecified atom stereocenters. The van der Waals surface area contributed by atoms with E-state index in [9.17, 15) is 0 Å². The van der Waals surface area contributed by atoms with E-state index in [0.717, 1.165) is 61.0 Å². The quantitative estimate of drug-likeness (QED) is 0.653. The third-order valence-corrected chi connectivity index (χ3v) is 4.50. The first-order chi connectivity index (χ1) is 13.3.